The summed E-state index contributed by atoms with van der Waals surface area (Å²) in [6.07, 6.45) is 7.20. The number of fused-ring (bicyclic) bond motifs is 1. The number of carbonyl (C=O) groups excluding carboxylic acids is 1. The first-order chi connectivity index (χ1) is 24.9. The van der Waals surface area contributed by atoms with E-state index in [0.29, 0.717) is 78.2 Å². The van der Waals surface area contributed by atoms with Crippen LogP contribution in [-0.4, -0.2) is 42.2 Å². The minimum absolute atomic E-state index is 0.0388. The van der Waals surface area contributed by atoms with Gasteiger partial charge in [-0.1, -0.05) is 71.6 Å². The summed E-state index contributed by atoms with van der Waals surface area (Å²) in [5.74, 6) is 2.11. The van der Waals surface area contributed by atoms with Crippen molar-refractivity contribution in [3.63, 3.8) is 0 Å². The summed E-state index contributed by atoms with van der Waals surface area (Å²) in [4.78, 5) is 30.2. The fraction of sp³-hybridized carbons (Fsp3) is 0.333. The van der Waals surface area contributed by atoms with Crippen molar-refractivity contribution in [3.8, 4) is 28.7 Å². The lowest BCUT2D eigenvalue weighted by Crippen LogP contribution is -2.34. The molecule has 0 unspecified atom stereocenters. The van der Waals surface area contributed by atoms with Gasteiger partial charge >= 0.3 is 0 Å². The standard InChI is InChI=1S/C42H47BrN2O6/c1-4-44(32-18-15-19-34(24-32)51-30-31-16-11-10-12-17-31)42(47)39-29-45(33-25-36(48-5-2)27-37(26-33)49-6-3)40-28-35(20-21-38(40)41(39)46)50-23-14-9-7-8-13-22-43/h10-12,15-21,24-29H,4-9,13-14,22-23,30H2,1-3H3. The Balaban J connectivity index is 1.52. The van der Waals surface area contributed by atoms with Crippen molar-refractivity contribution in [1.82, 2.24) is 4.57 Å². The minimum Gasteiger partial charge on any atom is -0.494 e. The molecule has 5 aromatic rings. The molecule has 1 amide bonds. The first-order valence-electron chi connectivity index (χ1n) is 17.8. The number of ether oxygens (including phenoxy) is 4. The number of anilines is 1. The number of nitrogens with zero attached hydrogens (tertiary/aromatic N) is 2. The van der Waals surface area contributed by atoms with E-state index in [2.05, 4.69) is 15.9 Å². The predicted molar refractivity (Wildman–Crippen MR) is 209 cm³/mol. The molecule has 1 heterocycles. The Morgan fingerprint density at radius 3 is 2.12 bits per heavy atom. The first-order valence-corrected chi connectivity index (χ1v) is 19.0. The quantitative estimate of drug-likeness (QED) is 0.0617. The highest BCUT2D eigenvalue weighted by atomic mass is 79.9. The number of carbonyl (C=O) groups is 1. The molecule has 0 radical (unpaired) electrons. The maximum Gasteiger partial charge on any atom is 0.263 e. The molecule has 0 fully saturated rings. The second kappa shape index (κ2) is 19.0. The maximum atomic E-state index is 14.4. The Kier molecular flexibility index (Phi) is 14.0. The molecule has 0 aliphatic rings. The van der Waals surface area contributed by atoms with E-state index in [1.165, 1.54) is 19.3 Å². The van der Waals surface area contributed by atoms with E-state index in [9.17, 15) is 9.59 Å². The van der Waals surface area contributed by atoms with Crippen LogP contribution in [-0.2, 0) is 6.61 Å². The molecule has 9 heteroatoms. The molecule has 0 aliphatic heterocycles. The third-order valence-corrected chi connectivity index (χ3v) is 9.02. The second-order valence-electron chi connectivity index (χ2n) is 12.1. The van der Waals surface area contributed by atoms with E-state index in [1.54, 1.807) is 23.2 Å². The van der Waals surface area contributed by atoms with Gasteiger partial charge in [-0.2, -0.15) is 0 Å². The van der Waals surface area contributed by atoms with Crippen molar-refractivity contribution in [2.24, 2.45) is 0 Å². The number of amides is 1. The van der Waals surface area contributed by atoms with Crippen LogP contribution in [0.25, 0.3) is 16.6 Å². The number of halogens is 1. The van der Waals surface area contributed by atoms with Crippen molar-refractivity contribution in [2.45, 2.75) is 59.5 Å². The summed E-state index contributed by atoms with van der Waals surface area (Å²) in [6.45, 7) is 7.99. The lowest BCUT2D eigenvalue weighted by atomic mass is 10.1. The van der Waals surface area contributed by atoms with E-state index < -0.39 is 5.91 Å². The largest absolute Gasteiger partial charge is 0.494 e. The van der Waals surface area contributed by atoms with Gasteiger partial charge in [-0.15, -0.1) is 0 Å². The molecule has 0 bridgehead atoms. The third kappa shape index (κ3) is 9.94. The zero-order chi connectivity index (χ0) is 36.0. The van der Waals surface area contributed by atoms with Gasteiger partial charge < -0.3 is 28.4 Å². The Hall–Kier alpha value is -4.76. The molecule has 4 aromatic carbocycles. The lowest BCUT2D eigenvalue weighted by Gasteiger charge is -2.23. The van der Waals surface area contributed by atoms with Gasteiger partial charge in [0.1, 0.15) is 35.2 Å². The maximum absolute atomic E-state index is 14.4. The molecule has 0 saturated carbocycles. The summed E-state index contributed by atoms with van der Waals surface area (Å²) < 4.78 is 25.9. The fourth-order valence-corrected chi connectivity index (χ4v) is 6.34. The van der Waals surface area contributed by atoms with Gasteiger partial charge in [0, 0.05) is 59.5 Å². The molecule has 8 nitrogen and oxygen atoms in total. The zero-order valence-corrected chi connectivity index (χ0v) is 31.3. The number of rotatable bonds is 19. The Labute approximate surface area is 309 Å². The van der Waals surface area contributed by atoms with Crippen molar-refractivity contribution in [1.29, 1.82) is 0 Å². The summed E-state index contributed by atoms with van der Waals surface area (Å²) in [5, 5.41) is 1.43. The number of alkyl halides is 1. The predicted octanol–water partition coefficient (Wildman–Crippen LogP) is 9.76. The molecule has 0 aliphatic carbocycles. The average Bonchev–Trinajstić information content (AvgIpc) is 3.15. The summed E-state index contributed by atoms with van der Waals surface area (Å²) in [7, 11) is 0. The highest BCUT2D eigenvalue weighted by Gasteiger charge is 2.23. The molecule has 268 valence electrons. The van der Waals surface area contributed by atoms with Crippen LogP contribution in [0.3, 0.4) is 0 Å². The van der Waals surface area contributed by atoms with Gasteiger partial charge in [0.25, 0.3) is 5.91 Å². The van der Waals surface area contributed by atoms with Crippen LogP contribution in [0.2, 0.25) is 0 Å². The number of hydrogen-bond donors (Lipinski definition) is 0. The van der Waals surface area contributed by atoms with E-state index >= 15 is 0 Å². The monoisotopic (exact) mass is 754 g/mol. The number of aromatic nitrogens is 1. The zero-order valence-electron chi connectivity index (χ0n) is 29.7. The van der Waals surface area contributed by atoms with E-state index in [1.807, 2.05) is 104 Å². The van der Waals surface area contributed by atoms with Crippen molar-refractivity contribution in [2.75, 3.05) is 36.6 Å². The average molecular weight is 756 g/mol. The molecular formula is C42H47BrN2O6. The van der Waals surface area contributed by atoms with Gasteiger partial charge in [0.2, 0.25) is 5.43 Å². The number of unbranched alkanes of at least 4 members (excludes halogenated alkanes) is 4. The van der Waals surface area contributed by atoms with Crippen molar-refractivity contribution < 1.29 is 23.7 Å². The van der Waals surface area contributed by atoms with Gasteiger partial charge in [0.05, 0.1) is 31.0 Å². The van der Waals surface area contributed by atoms with Crippen LogP contribution < -0.4 is 29.3 Å². The van der Waals surface area contributed by atoms with Crippen LogP contribution in [0.15, 0.2) is 102 Å². The second-order valence-corrected chi connectivity index (χ2v) is 12.9. The number of benzene rings is 4. The summed E-state index contributed by atoms with van der Waals surface area (Å²) in [5.41, 5.74) is 2.65. The van der Waals surface area contributed by atoms with Crippen LogP contribution in [0.4, 0.5) is 5.69 Å². The fourth-order valence-electron chi connectivity index (χ4n) is 5.94. The van der Waals surface area contributed by atoms with Crippen LogP contribution in [0.5, 0.6) is 23.0 Å². The molecule has 5 rings (SSSR count). The highest BCUT2D eigenvalue weighted by molar-refractivity contribution is 9.09. The minimum atomic E-state index is -0.412. The molecule has 51 heavy (non-hydrogen) atoms. The first kappa shape index (κ1) is 37.5. The van der Waals surface area contributed by atoms with Gasteiger partial charge in [0.15, 0.2) is 0 Å². The Bertz CT molecular complexity index is 1920. The van der Waals surface area contributed by atoms with Gasteiger partial charge in [-0.3, -0.25) is 9.59 Å². The molecule has 0 spiro atoms. The van der Waals surface area contributed by atoms with E-state index in [0.717, 1.165) is 23.7 Å². The Morgan fingerprint density at radius 1 is 0.706 bits per heavy atom. The summed E-state index contributed by atoms with van der Waals surface area (Å²) in [6, 6.07) is 28.3. The van der Waals surface area contributed by atoms with Crippen LogP contribution >= 0.6 is 15.9 Å². The van der Waals surface area contributed by atoms with Crippen LogP contribution in [0, 0.1) is 0 Å². The smallest absolute Gasteiger partial charge is 0.263 e. The highest BCUT2D eigenvalue weighted by Crippen LogP contribution is 2.30. The summed E-state index contributed by atoms with van der Waals surface area (Å²) >= 11 is 3.49. The third-order valence-electron chi connectivity index (χ3n) is 8.46. The molecule has 0 saturated heterocycles. The Morgan fingerprint density at radius 2 is 1.41 bits per heavy atom. The van der Waals surface area contributed by atoms with Gasteiger partial charge in [-0.25, -0.2) is 0 Å². The van der Waals surface area contributed by atoms with Crippen molar-refractivity contribution >= 4 is 38.4 Å². The number of pyridine rings is 1. The topological polar surface area (TPSA) is 79.2 Å². The normalized spacial score (nSPS) is 11.0. The van der Waals surface area contributed by atoms with E-state index in [4.69, 9.17) is 18.9 Å². The van der Waals surface area contributed by atoms with E-state index in [-0.39, 0.29) is 11.0 Å². The van der Waals surface area contributed by atoms with Gasteiger partial charge in [-0.05, 0) is 63.4 Å². The SMILES string of the molecule is CCOc1cc(OCC)cc(-n2cc(C(=O)N(CC)c3cccc(OCc4ccccc4)c3)c(=O)c3ccc(OCCCCCCCBr)cc32)c1. The van der Waals surface area contributed by atoms with Crippen LogP contribution in [0.1, 0.15) is 68.8 Å². The molecular weight excluding hydrogens is 708 g/mol. The molecule has 1 aromatic heterocycles. The molecule has 0 N–H and O–H groups in total. The number of hydrogen-bond acceptors (Lipinski definition) is 6. The van der Waals surface area contributed by atoms with Crippen molar-refractivity contribution in [3.05, 3.63) is 119 Å². The lowest BCUT2D eigenvalue weighted by molar-refractivity contribution is 0.0987. The molecule has 0 atom stereocenters.